The Morgan fingerprint density at radius 1 is 0.547 bits per heavy atom. The summed E-state index contributed by atoms with van der Waals surface area (Å²) in [5, 5.41) is 159. The van der Waals surface area contributed by atoms with Crippen LogP contribution in [-0.4, -0.2) is 300 Å². The van der Waals surface area contributed by atoms with Gasteiger partial charge in [0.2, 0.25) is 10.4 Å². The molecule has 95 heavy (non-hydrogen) atoms. The Morgan fingerprint density at radius 3 is 1.65 bits per heavy atom. The molecule has 40 atom stereocenters. The quantitative estimate of drug-likeness (QED) is 0.0199. The molecule has 0 radical (unpaired) electrons. The van der Waals surface area contributed by atoms with Gasteiger partial charge in [-0.15, -0.1) is 0 Å². The molecule has 3 saturated carbocycles. The summed E-state index contributed by atoms with van der Waals surface area (Å²) in [6, 6.07) is 0. The van der Waals surface area contributed by atoms with Gasteiger partial charge < -0.3 is 138 Å². The monoisotopic (exact) mass is 1400 g/mol. The minimum atomic E-state index is -5.13. The zero-order chi connectivity index (χ0) is 68.5. The van der Waals surface area contributed by atoms with Crippen LogP contribution in [0.1, 0.15) is 114 Å². The fourth-order valence-electron chi connectivity index (χ4n) is 17.4. The van der Waals surface area contributed by atoms with E-state index < -0.39 is 230 Å². The van der Waals surface area contributed by atoms with Gasteiger partial charge in [-0.2, -0.15) is 0 Å². The maximum absolute atomic E-state index is 12.5. The second kappa shape index (κ2) is 29.6. The minimum Gasteiger partial charge on any atom is -0.726 e. The molecule has 0 bridgehead atoms. The van der Waals surface area contributed by atoms with E-state index in [4.69, 9.17) is 65.8 Å². The molecule has 0 aromatic heterocycles. The van der Waals surface area contributed by atoms with Gasteiger partial charge in [0.25, 0.3) is 0 Å². The van der Waals surface area contributed by atoms with Crippen LogP contribution in [0.25, 0.3) is 0 Å². The topological polar surface area (TPSA) is 473 Å². The molecule has 1 unspecified atom stereocenters. The Kier molecular flexibility index (Phi) is 24.0. The molecular formula is C62H101NaO31S. The van der Waals surface area contributed by atoms with Crippen LogP contribution in [0.3, 0.4) is 0 Å². The first-order valence-corrected chi connectivity index (χ1v) is 34.7. The second-order valence-electron chi connectivity index (χ2n) is 29.7. The van der Waals surface area contributed by atoms with Gasteiger partial charge in [-0.1, -0.05) is 46.3 Å². The van der Waals surface area contributed by atoms with E-state index in [0.29, 0.717) is 25.2 Å². The standard InChI is InChI=1S/C62H102O31S.Na/c1-21(2)22(3)48-53(88-48)62(10,76)35-12-11-29-28-18-33(31-17-27(93-94(77,78)79)13-15-60(31,8)30(28)14-16-61(29,35)9)86-56-46(74)50(39(67)25(6)83-56)90-58-51(91-55-45(73)42(70)36(64)23(4)82-55)41(69)34(20-81-58)87-59-52(43(71)37(65)24(5)85-59)92-57-47(75)49(38(66)26(7)84-57)89-54-44(72)40(68)32(63)19-80-54;/h14,21-29,31-59,63-76H,11-13,15-20H2,1-10H3,(H,77,78,79);/q;+1/p-1/t22-,23+,24+,25+,26+,27-,28?,29-,31+,32+,33-,34+,35-,36+,37+,38-,39+,40-,41-,42-,43-,44+,45+,46+,47+,48+,49-,50-,51+,52+,53+,54-,55-,56-,57-,58-,59-,60+,61-,62+;/m0./s1. The maximum Gasteiger partial charge on any atom is 1.00 e. The fraction of sp³-hybridized carbons (Fsp3) is 0.968. The predicted molar refractivity (Wildman–Crippen MR) is 313 cm³/mol. The van der Waals surface area contributed by atoms with E-state index in [2.05, 4.69) is 40.7 Å². The van der Waals surface area contributed by atoms with Crippen LogP contribution in [0.2, 0.25) is 0 Å². The van der Waals surface area contributed by atoms with Gasteiger partial charge in [-0.05, 0) is 126 Å². The minimum absolute atomic E-state index is 0. The molecule has 0 aromatic carbocycles. The van der Waals surface area contributed by atoms with Crippen molar-refractivity contribution in [3.05, 3.63) is 11.6 Å². The van der Waals surface area contributed by atoms with Crippen LogP contribution in [0, 0.1) is 46.3 Å². The number of rotatable bonds is 18. The molecule has 7 aliphatic heterocycles. The maximum atomic E-state index is 12.5. The van der Waals surface area contributed by atoms with Gasteiger partial charge in [0.05, 0.1) is 61.5 Å². The molecule has 11 aliphatic rings. The molecule has 7 saturated heterocycles. The molecule has 33 heteroatoms. The Balaban J connectivity index is 0.00000983. The Bertz CT molecular complexity index is 2720. The fourth-order valence-corrected chi connectivity index (χ4v) is 17.9. The van der Waals surface area contributed by atoms with Crippen molar-refractivity contribution in [2.75, 3.05) is 13.2 Å². The molecule has 11 rings (SSSR count). The predicted octanol–water partition coefficient (Wildman–Crippen LogP) is -6.47. The number of fused-ring (bicyclic) bond motifs is 5. The Labute approximate surface area is 574 Å². The molecule has 0 aromatic rings. The van der Waals surface area contributed by atoms with E-state index in [9.17, 15) is 84.5 Å². The summed E-state index contributed by atoms with van der Waals surface area (Å²) in [6.45, 7) is 17.1. The number of aliphatic hydroxyl groups is 14. The number of epoxide rings is 1. The van der Waals surface area contributed by atoms with Gasteiger partial charge in [0.1, 0.15) is 116 Å². The van der Waals surface area contributed by atoms with Crippen molar-refractivity contribution in [2.45, 2.75) is 316 Å². The summed E-state index contributed by atoms with van der Waals surface area (Å²) in [7, 11) is -5.13. The molecular weight excluding hydrogens is 1300 g/mol. The van der Waals surface area contributed by atoms with Gasteiger partial charge in [0.15, 0.2) is 37.7 Å². The van der Waals surface area contributed by atoms with Crippen molar-refractivity contribution >= 4 is 10.4 Å². The Hall–Kier alpha value is -0.470. The van der Waals surface area contributed by atoms with Crippen LogP contribution in [0.5, 0.6) is 0 Å². The van der Waals surface area contributed by atoms with Crippen LogP contribution in [0.4, 0.5) is 0 Å². The average molecular weight is 1400 g/mol. The molecule has 31 nitrogen and oxygen atoms in total. The van der Waals surface area contributed by atoms with Gasteiger partial charge >= 0.3 is 29.6 Å². The molecule has 14 N–H and O–H groups in total. The molecule has 542 valence electrons. The third kappa shape index (κ3) is 14.9. The van der Waals surface area contributed by atoms with E-state index in [1.165, 1.54) is 33.3 Å². The normalized spacial score (nSPS) is 53.6. The zero-order valence-corrected chi connectivity index (χ0v) is 58.3. The van der Waals surface area contributed by atoms with Gasteiger partial charge in [0, 0.05) is 0 Å². The van der Waals surface area contributed by atoms with Crippen molar-refractivity contribution in [2.24, 2.45) is 46.3 Å². The largest absolute Gasteiger partial charge is 1.00 e. The summed E-state index contributed by atoms with van der Waals surface area (Å²) < 4.78 is 121. The second-order valence-corrected chi connectivity index (χ2v) is 30.7. The number of hydrogen-bond donors (Lipinski definition) is 14. The Morgan fingerprint density at radius 2 is 1.05 bits per heavy atom. The van der Waals surface area contributed by atoms with E-state index >= 15 is 0 Å². The van der Waals surface area contributed by atoms with Crippen molar-refractivity contribution < 1.29 is 180 Å². The molecule has 4 aliphatic carbocycles. The van der Waals surface area contributed by atoms with E-state index in [-0.39, 0.29) is 78.3 Å². The van der Waals surface area contributed by atoms with Crippen LogP contribution >= 0.6 is 0 Å². The van der Waals surface area contributed by atoms with E-state index in [1.54, 1.807) is 0 Å². The number of hydrogen-bond acceptors (Lipinski definition) is 31. The van der Waals surface area contributed by atoms with E-state index in [1.807, 2.05) is 6.92 Å². The first-order chi connectivity index (χ1) is 44.0. The van der Waals surface area contributed by atoms with E-state index in [0.717, 1.165) is 12.8 Å². The molecule has 0 amide bonds. The third-order valence-electron chi connectivity index (χ3n) is 23.4. The first-order valence-electron chi connectivity index (χ1n) is 33.3. The zero-order valence-electron chi connectivity index (χ0n) is 55.5. The van der Waals surface area contributed by atoms with Crippen molar-refractivity contribution in [1.29, 1.82) is 0 Å². The van der Waals surface area contributed by atoms with Crippen LogP contribution in [-0.2, 0) is 76.2 Å². The van der Waals surface area contributed by atoms with Crippen LogP contribution in [0.15, 0.2) is 11.6 Å². The molecule has 10 fully saturated rings. The van der Waals surface area contributed by atoms with Crippen molar-refractivity contribution in [3.63, 3.8) is 0 Å². The van der Waals surface area contributed by atoms with Gasteiger partial charge in [-0.25, -0.2) is 8.42 Å². The average Bonchev–Trinajstić information content (AvgIpc) is 1.65. The number of aliphatic hydroxyl groups excluding tert-OH is 13. The number of ether oxygens (including phenoxy) is 13. The van der Waals surface area contributed by atoms with Crippen LogP contribution < -0.4 is 29.6 Å². The number of allylic oxidation sites excluding steroid dienone is 2. The summed E-state index contributed by atoms with van der Waals surface area (Å²) >= 11 is 0. The van der Waals surface area contributed by atoms with Gasteiger partial charge in [-0.3, -0.25) is 4.18 Å². The summed E-state index contributed by atoms with van der Waals surface area (Å²) in [5.41, 5.74) is -1.02. The third-order valence-corrected chi connectivity index (χ3v) is 23.9. The molecule has 0 spiro atoms. The summed E-state index contributed by atoms with van der Waals surface area (Å²) in [5.74, 6) is -0.166. The summed E-state index contributed by atoms with van der Waals surface area (Å²) in [6.07, 6.45) is -44.0. The molecule has 7 heterocycles. The van der Waals surface area contributed by atoms with Crippen molar-refractivity contribution in [1.82, 2.24) is 0 Å². The van der Waals surface area contributed by atoms with Crippen molar-refractivity contribution in [3.8, 4) is 0 Å². The summed E-state index contributed by atoms with van der Waals surface area (Å²) in [4.78, 5) is 0. The first kappa shape index (κ1) is 77.2. The SMILES string of the molecule is CC(C)[C@H](C)[C@H]1O[C@H]1[C@](C)(O)[C@H]1CC[C@H]2C3C[C@H](O[C@@H]4O[C@H](C)[C@@H](O)[C@H](O[C@@H]5OC[C@@H](O[C@@H]6O[C@H](C)[C@@H](O)[C@H](O)[C@H]6O[C@@H]6O[C@H](C)[C@H](O)[C@H](O[C@@H]7OC[C@@H](O)[C@H](O)[C@H]7O)[C@H]6O)[C@H](O)[C@H]5O[C@@H]5O[C@H](C)[C@@H](O)[C@H](O)[C@H]5O)[C@H]4O)[C@H]4C[C@@H](OS(=O)(=O)[O-])CC[C@]4(C)C3=CC[C@]12C.[Na+]. The smallest absolute Gasteiger partial charge is 0.726 e.